The fourth-order valence-corrected chi connectivity index (χ4v) is 3.45. The van der Waals surface area contributed by atoms with Gasteiger partial charge in [0.25, 0.3) is 0 Å². The molecule has 0 unspecified atom stereocenters. The predicted octanol–water partition coefficient (Wildman–Crippen LogP) is 1.69. The highest BCUT2D eigenvalue weighted by molar-refractivity contribution is 6.01. The summed E-state index contributed by atoms with van der Waals surface area (Å²) >= 11 is 0. The summed E-state index contributed by atoms with van der Waals surface area (Å²) in [5.74, 6) is 0.647. The molecule has 2 fully saturated rings. The van der Waals surface area contributed by atoms with Crippen molar-refractivity contribution in [2.45, 2.75) is 31.7 Å². The summed E-state index contributed by atoms with van der Waals surface area (Å²) in [6.07, 6.45) is 2.76. The molecular formula is C18H23N3O4. The third-order valence-corrected chi connectivity index (χ3v) is 4.78. The Balaban J connectivity index is 1.55. The molecule has 0 saturated carbocycles. The molecule has 1 N–H and O–H groups in total. The molecule has 2 aliphatic heterocycles. The lowest BCUT2D eigenvalue weighted by atomic mass is 10.0. The Morgan fingerprint density at radius 3 is 2.68 bits per heavy atom. The number of nitrogens with zero attached hydrogens (tertiary/aromatic N) is 2. The van der Waals surface area contributed by atoms with Gasteiger partial charge in [-0.2, -0.15) is 0 Å². The first kappa shape index (κ1) is 17.3. The topological polar surface area (TPSA) is 79.0 Å². The minimum Gasteiger partial charge on any atom is -0.497 e. The van der Waals surface area contributed by atoms with E-state index in [0.29, 0.717) is 12.8 Å². The van der Waals surface area contributed by atoms with Gasteiger partial charge in [-0.05, 0) is 37.0 Å². The van der Waals surface area contributed by atoms with Crippen molar-refractivity contribution in [3.8, 4) is 5.75 Å². The average Bonchev–Trinajstić information content (AvgIpc) is 3.23. The van der Waals surface area contributed by atoms with E-state index < -0.39 is 0 Å². The maximum Gasteiger partial charge on any atom is 0.324 e. The first-order valence-electron chi connectivity index (χ1n) is 8.62. The summed E-state index contributed by atoms with van der Waals surface area (Å²) in [7, 11) is 1.63. The molecule has 2 heterocycles. The van der Waals surface area contributed by atoms with E-state index in [4.69, 9.17) is 4.74 Å². The van der Waals surface area contributed by atoms with E-state index in [1.54, 1.807) is 7.11 Å². The van der Waals surface area contributed by atoms with E-state index in [1.165, 1.54) is 4.90 Å². The van der Waals surface area contributed by atoms with E-state index >= 15 is 0 Å². The van der Waals surface area contributed by atoms with Gasteiger partial charge in [0.05, 0.1) is 19.7 Å². The van der Waals surface area contributed by atoms with Crippen molar-refractivity contribution in [2.24, 2.45) is 0 Å². The third kappa shape index (κ3) is 3.75. The van der Waals surface area contributed by atoms with Gasteiger partial charge in [-0.15, -0.1) is 0 Å². The van der Waals surface area contributed by atoms with Gasteiger partial charge < -0.3 is 15.0 Å². The van der Waals surface area contributed by atoms with Crippen LogP contribution in [0.2, 0.25) is 0 Å². The third-order valence-electron chi connectivity index (χ3n) is 4.78. The molecule has 0 bridgehead atoms. The zero-order chi connectivity index (χ0) is 17.8. The molecule has 1 aromatic carbocycles. The van der Waals surface area contributed by atoms with E-state index in [9.17, 15) is 14.4 Å². The van der Waals surface area contributed by atoms with Crippen molar-refractivity contribution in [1.29, 1.82) is 0 Å². The van der Waals surface area contributed by atoms with Crippen LogP contribution in [0, 0.1) is 0 Å². The van der Waals surface area contributed by atoms with Gasteiger partial charge in [0.2, 0.25) is 11.8 Å². The van der Waals surface area contributed by atoms with Gasteiger partial charge in [0, 0.05) is 19.5 Å². The summed E-state index contributed by atoms with van der Waals surface area (Å²) in [4.78, 5) is 38.7. The number of nitrogens with one attached hydrogen (secondary N) is 1. The zero-order valence-electron chi connectivity index (χ0n) is 14.4. The Kier molecular flexibility index (Phi) is 5.21. The number of ether oxygens (including phenoxy) is 1. The predicted molar refractivity (Wildman–Crippen MR) is 91.0 cm³/mol. The highest BCUT2D eigenvalue weighted by Crippen LogP contribution is 2.33. The number of carbonyl (C=O) groups is 3. The number of carbonyl (C=O) groups excluding carboxylic acids is 3. The van der Waals surface area contributed by atoms with Gasteiger partial charge in [-0.3, -0.25) is 14.5 Å². The lowest BCUT2D eigenvalue weighted by Gasteiger charge is -2.25. The molecule has 2 saturated heterocycles. The summed E-state index contributed by atoms with van der Waals surface area (Å²) in [6.45, 7) is 1.09. The molecule has 0 aliphatic carbocycles. The number of imide groups is 1. The summed E-state index contributed by atoms with van der Waals surface area (Å²) < 4.78 is 5.18. The largest absolute Gasteiger partial charge is 0.497 e. The Labute approximate surface area is 146 Å². The molecule has 0 radical (unpaired) electrons. The highest BCUT2D eigenvalue weighted by Gasteiger charge is 2.31. The number of benzene rings is 1. The van der Waals surface area contributed by atoms with Crippen molar-refractivity contribution in [3.63, 3.8) is 0 Å². The molecule has 134 valence electrons. The van der Waals surface area contributed by atoms with Crippen molar-refractivity contribution in [1.82, 2.24) is 15.1 Å². The van der Waals surface area contributed by atoms with Gasteiger partial charge in [0.1, 0.15) is 5.75 Å². The molecule has 3 rings (SSSR count). The second-order valence-electron chi connectivity index (χ2n) is 6.33. The number of methoxy groups -OCH3 is 1. The van der Waals surface area contributed by atoms with E-state index in [2.05, 4.69) is 5.32 Å². The summed E-state index contributed by atoms with van der Waals surface area (Å²) in [6, 6.07) is 7.55. The maximum absolute atomic E-state index is 12.6. The minimum absolute atomic E-state index is 0.0540. The van der Waals surface area contributed by atoms with Crippen molar-refractivity contribution >= 4 is 17.8 Å². The molecule has 1 aromatic rings. The molecule has 25 heavy (non-hydrogen) atoms. The first-order valence-corrected chi connectivity index (χ1v) is 8.62. The zero-order valence-corrected chi connectivity index (χ0v) is 14.4. The molecule has 0 spiro atoms. The average molecular weight is 345 g/mol. The smallest absolute Gasteiger partial charge is 0.324 e. The lowest BCUT2D eigenvalue weighted by molar-refractivity contribution is -0.133. The van der Waals surface area contributed by atoms with Crippen LogP contribution in [0.25, 0.3) is 0 Å². The maximum atomic E-state index is 12.6. The molecule has 7 heteroatoms. The van der Waals surface area contributed by atoms with Crippen LogP contribution in [0.4, 0.5) is 4.79 Å². The van der Waals surface area contributed by atoms with Gasteiger partial charge in [-0.25, -0.2) is 4.79 Å². The molecule has 7 nitrogen and oxygen atoms in total. The number of hydrogen-bond acceptors (Lipinski definition) is 4. The number of amides is 4. The fraction of sp³-hybridized carbons (Fsp3) is 0.500. The number of rotatable bonds is 6. The van der Waals surface area contributed by atoms with E-state index in [-0.39, 0.29) is 37.0 Å². The number of urea groups is 1. The van der Waals surface area contributed by atoms with Crippen LogP contribution in [0.3, 0.4) is 0 Å². The molecule has 2 aliphatic rings. The monoisotopic (exact) mass is 345 g/mol. The van der Waals surface area contributed by atoms with Crippen LogP contribution in [0.5, 0.6) is 5.75 Å². The van der Waals surface area contributed by atoms with Gasteiger partial charge >= 0.3 is 6.03 Å². The normalized spacial score (nSPS) is 20.1. The Bertz CT molecular complexity index is 643. The Morgan fingerprint density at radius 1 is 1.28 bits per heavy atom. The van der Waals surface area contributed by atoms with Crippen LogP contribution < -0.4 is 10.1 Å². The summed E-state index contributed by atoms with van der Waals surface area (Å²) in [5.41, 5.74) is 1.11. The Hall–Kier alpha value is -2.57. The Morgan fingerprint density at radius 2 is 2.04 bits per heavy atom. The summed E-state index contributed by atoms with van der Waals surface area (Å²) in [5, 5.41) is 2.48. The van der Waals surface area contributed by atoms with Crippen molar-refractivity contribution in [3.05, 3.63) is 29.8 Å². The number of hydrogen-bond donors (Lipinski definition) is 1. The SMILES string of the molecule is COc1ccc([C@H]2CCCN2C(=O)CCCN2C(=O)CNC2=O)cc1. The first-order chi connectivity index (χ1) is 12.1. The second-order valence-corrected chi connectivity index (χ2v) is 6.33. The quantitative estimate of drug-likeness (QED) is 0.796. The minimum atomic E-state index is -0.366. The lowest BCUT2D eigenvalue weighted by Crippen LogP contribution is -2.34. The van der Waals surface area contributed by atoms with Crippen LogP contribution in [-0.4, -0.2) is 54.4 Å². The van der Waals surface area contributed by atoms with Crippen LogP contribution in [0.15, 0.2) is 24.3 Å². The fourth-order valence-electron chi connectivity index (χ4n) is 3.45. The molecule has 1 atom stereocenters. The molecule has 4 amide bonds. The van der Waals surface area contributed by atoms with Crippen molar-refractivity contribution in [2.75, 3.05) is 26.7 Å². The van der Waals surface area contributed by atoms with E-state index in [1.807, 2.05) is 29.2 Å². The van der Waals surface area contributed by atoms with E-state index in [0.717, 1.165) is 30.7 Å². The second kappa shape index (κ2) is 7.55. The highest BCUT2D eigenvalue weighted by atomic mass is 16.5. The molecular weight excluding hydrogens is 322 g/mol. The van der Waals surface area contributed by atoms with Crippen molar-refractivity contribution < 1.29 is 19.1 Å². The van der Waals surface area contributed by atoms with Gasteiger partial charge in [0.15, 0.2) is 0 Å². The standard InChI is InChI=1S/C18H23N3O4/c1-25-14-8-6-13(7-9-14)15-4-2-10-20(15)16(22)5-3-11-21-17(23)12-19-18(21)24/h6-9,15H,2-5,10-12H2,1H3,(H,19,24)/t15-/m1/s1. The number of likely N-dealkylation sites (tertiary alicyclic amines) is 1. The van der Waals surface area contributed by atoms with Gasteiger partial charge in [-0.1, -0.05) is 12.1 Å². The van der Waals surface area contributed by atoms with Crippen LogP contribution in [0.1, 0.15) is 37.3 Å². The van der Waals surface area contributed by atoms with Crippen LogP contribution >= 0.6 is 0 Å². The van der Waals surface area contributed by atoms with Crippen LogP contribution in [-0.2, 0) is 9.59 Å². The molecule has 0 aromatic heterocycles.